The van der Waals surface area contributed by atoms with Gasteiger partial charge in [0.15, 0.2) is 5.96 Å². The van der Waals surface area contributed by atoms with Crippen molar-refractivity contribution in [2.24, 2.45) is 4.99 Å². The van der Waals surface area contributed by atoms with Crippen LogP contribution in [0.25, 0.3) is 0 Å². The molecule has 24 heavy (non-hydrogen) atoms. The molecule has 1 aliphatic rings. The number of halogens is 2. The number of aliphatic imine (C=N–C) groups is 1. The Morgan fingerprint density at radius 2 is 2.17 bits per heavy atom. The summed E-state index contributed by atoms with van der Waals surface area (Å²) in [5.41, 5.74) is 0. The average molecular weight is 531 g/mol. The summed E-state index contributed by atoms with van der Waals surface area (Å²) in [5.74, 6) is 0.795. The van der Waals surface area contributed by atoms with E-state index in [1.807, 2.05) is 13.0 Å². The first-order valence-electron chi connectivity index (χ1n) is 7.75. The summed E-state index contributed by atoms with van der Waals surface area (Å²) in [4.78, 5) is 19.0. The van der Waals surface area contributed by atoms with E-state index in [0.717, 1.165) is 29.1 Å². The van der Waals surface area contributed by atoms with Crippen molar-refractivity contribution in [1.29, 1.82) is 0 Å². The zero-order chi connectivity index (χ0) is 16.7. The molecule has 0 spiro atoms. The minimum Gasteiger partial charge on any atom is -0.450 e. The third-order valence-corrected chi connectivity index (χ3v) is 5.27. The number of hydrogen-bond donors (Lipinski definition) is 2. The molecular weight excluding hydrogens is 507 g/mol. The van der Waals surface area contributed by atoms with Crippen LogP contribution in [-0.4, -0.2) is 49.7 Å². The maximum atomic E-state index is 11.7. The van der Waals surface area contributed by atoms with Crippen LogP contribution in [0.15, 0.2) is 20.9 Å². The van der Waals surface area contributed by atoms with E-state index in [4.69, 9.17) is 4.74 Å². The van der Waals surface area contributed by atoms with Crippen LogP contribution in [0, 0.1) is 0 Å². The van der Waals surface area contributed by atoms with Gasteiger partial charge in [0.25, 0.3) is 0 Å². The largest absolute Gasteiger partial charge is 0.450 e. The van der Waals surface area contributed by atoms with Crippen molar-refractivity contribution in [3.8, 4) is 0 Å². The van der Waals surface area contributed by atoms with E-state index in [1.54, 1.807) is 23.3 Å². The lowest BCUT2D eigenvalue weighted by Crippen LogP contribution is -2.49. The minimum absolute atomic E-state index is 0. The Balaban J connectivity index is 0.00000288. The Hall–Kier alpha value is -0.550. The van der Waals surface area contributed by atoms with Crippen LogP contribution >= 0.6 is 51.2 Å². The number of thiophene rings is 1. The van der Waals surface area contributed by atoms with Gasteiger partial charge in [0, 0.05) is 31.1 Å². The fourth-order valence-electron chi connectivity index (χ4n) is 2.43. The molecule has 1 amide bonds. The first kappa shape index (κ1) is 21.5. The lowest BCUT2D eigenvalue weighted by atomic mass is 10.1. The molecule has 1 fully saturated rings. The summed E-state index contributed by atoms with van der Waals surface area (Å²) in [6.07, 6.45) is 1.57. The third-order valence-electron chi connectivity index (χ3n) is 3.64. The molecule has 136 valence electrons. The molecule has 1 aliphatic heterocycles. The second-order valence-corrected chi connectivity index (χ2v) is 7.78. The van der Waals surface area contributed by atoms with Gasteiger partial charge in [-0.2, -0.15) is 0 Å². The van der Waals surface area contributed by atoms with Crippen molar-refractivity contribution in [3.05, 3.63) is 20.8 Å². The summed E-state index contributed by atoms with van der Waals surface area (Å²) in [5, 5.41) is 6.75. The molecule has 0 unspecified atom stereocenters. The number of guanidine groups is 1. The van der Waals surface area contributed by atoms with Crippen LogP contribution in [-0.2, 0) is 11.3 Å². The van der Waals surface area contributed by atoms with Crippen molar-refractivity contribution in [3.63, 3.8) is 0 Å². The predicted molar refractivity (Wildman–Crippen MR) is 112 cm³/mol. The number of carbonyl (C=O) groups excluding carboxylic acids is 1. The maximum absolute atomic E-state index is 11.7. The average Bonchev–Trinajstić information content (AvgIpc) is 2.97. The van der Waals surface area contributed by atoms with E-state index in [1.165, 1.54) is 4.88 Å². The van der Waals surface area contributed by atoms with Crippen LogP contribution in [0.3, 0.4) is 0 Å². The summed E-state index contributed by atoms with van der Waals surface area (Å²) >= 11 is 5.17. The Labute approximate surface area is 172 Å². The Morgan fingerprint density at radius 3 is 2.71 bits per heavy atom. The van der Waals surface area contributed by atoms with Gasteiger partial charge in [0.05, 0.1) is 16.9 Å². The summed E-state index contributed by atoms with van der Waals surface area (Å²) in [6, 6.07) is 4.46. The summed E-state index contributed by atoms with van der Waals surface area (Å²) in [6.45, 7) is 4.43. The van der Waals surface area contributed by atoms with Gasteiger partial charge in [-0.1, -0.05) is 0 Å². The van der Waals surface area contributed by atoms with Gasteiger partial charge < -0.3 is 20.3 Å². The summed E-state index contributed by atoms with van der Waals surface area (Å²) < 4.78 is 6.16. The number of amides is 1. The van der Waals surface area contributed by atoms with E-state index >= 15 is 0 Å². The van der Waals surface area contributed by atoms with Gasteiger partial charge in [0.2, 0.25) is 0 Å². The molecule has 2 rings (SSSR count). The van der Waals surface area contributed by atoms with Crippen molar-refractivity contribution in [2.45, 2.75) is 32.4 Å². The highest BCUT2D eigenvalue weighted by atomic mass is 127. The number of rotatable bonds is 4. The smallest absolute Gasteiger partial charge is 0.409 e. The maximum Gasteiger partial charge on any atom is 0.409 e. The summed E-state index contributed by atoms with van der Waals surface area (Å²) in [7, 11) is 1.77. The van der Waals surface area contributed by atoms with Crippen molar-refractivity contribution < 1.29 is 9.53 Å². The van der Waals surface area contributed by atoms with Crippen LogP contribution in [0.2, 0.25) is 0 Å². The fourth-order valence-corrected chi connectivity index (χ4v) is 3.85. The van der Waals surface area contributed by atoms with Gasteiger partial charge in [-0.15, -0.1) is 35.3 Å². The molecule has 0 atom stereocenters. The van der Waals surface area contributed by atoms with E-state index in [2.05, 4.69) is 37.6 Å². The van der Waals surface area contributed by atoms with E-state index in [0.29, 0.717) is 25.7 Å². The standard InChI is InChI=1S/C15H23BrN4O2S.HI/c1-3-22-15(21)20-8-6-11(7-9-20)19-14(17-2)18-10-12-4-5-13(16)23-12;/h4-5,11H,3,6-10H2,1-2H3,(H2,17,18,19);1H. The molecule has 0 bridgehead atoms. The third kappa shape index (κ3) is 6.75. The zero-order valence-corrected chi connectivity index (χ0v) is 18.6. The first-order valence-corrected chi connectivity index (χ1v) is 9.36. The second-order valence-electron chi connectivity index (χ2n) is 5.24. The molecule has 1 aromatic rings. The molecule has 6 nitrogen and oxygen atoms in total. The van der Waals surface area contributed by atoms with E-state index in [-0.39, 0.29) is 30.1 Å². The fraction of sp³-hybridized carbons (Fsp3) is 0.600. The van der Waals surface area contributed by atoms with Crippen LogP contribution < -0.4 is 10.6 Å². The van der Waals surface area contributed by atoms with E-state index in [9.17, 15) is 4.79 Å². The highest BCUT2D eigenvalue weighted by Crippen LogP contribution is 2.21. The van der Waals surface area contributed by atoms with Crippen LogP contribution in [0.5, 0.6) is 0 Å². The lowest BCUT2D eigenvalue weighted by molar-refractivity contribution is 0.0963. The molecule has 2 N–H and O–H groups in total. The van der Waals surface area contributed by atoms with Crippen molar-refractivity contribution >= 4 is 63.3 Å². The zero-order valence-electron chi connectivity index (χ0n) is 13.9. The monoisotopic (exact) mass is 530 g/mol. The predicted octanol–water partition coefficient (Wildman–Crippen LogP) is 3.41. The van der Waals surface area contributed by atoms with Crippen molar-refractivity contribution in [2.75, 3.05) is 26.7 Å². The highest BCUT2D eigenvalue weighted by molar-refractivity contribution is 14.0. The molecular formula is C15H24BrIN4O2S. The van der Waals surface area contributed by atoms with Gasteiger partial charge in [-0.05, 0) is 47.8 Å². The quantitative estimate of drug-likeness (QED) is 0.355. The van der Waals surface area contributed by atoms with Crippen LogP contribution in [0.4, 0.5) is 4.79 Å². The number of ether oxygens (including phenoxy) is 1. The number of hydrogen-bond acceptors (Lipinski definition) is 4. The molecule has 0 saturated carbocycles. The van der Waals surface area contributed by atoms with E-state index < -0.39 is 0 Å². The Kier molecular flexibility index (Phi) is 9.98. The number of nitrogens with zero attached hydrogens (tertiary/aromatic N) is 2. The van der Waals surface area contributed by atoms with Gasteiger partial charge in [-0.3, -0.25) is 4.99 Å². The Bertz CT molecular complexity index is 547. The molecule has 0 radical (unpaired) electrons. The normalized spacial score (nSPS) is 15.6. The SMILES string of the molecule is CCOC(=O)N1CCC(NC(=NC)NCc2ccc(Br)s2)CC1.I. The number of likely N-dealkylation sites (tertiary alicyclic amines) is 1. The molecule has 0 aromatic carbocycles. The topological polar surface area (TPSA) is 66.0 Å². The lowest BCUT2D eigenvalue weighted by Gasteiger charge is -2.32. The molecule has 1 saturated heterocycles. The van der Waals surface area contributed by atoms with Crippen LogP contribution in [0.1, 0.15) is 24.6 Å². The molecule has 0 aliphatic carbocycles. The van der Waals surface area contributed by atoms with Gasteiger partial charge >= 0.3 is 6.09 Å². The number of piperidine rings is 1. The van der Waals surface area contributed by atoms with Gasteiger partial charge in [-0.25, -0.2) is 4.79 Å². The molecule has 2 heterocycles. The Morgan fingerprint density at radius 1 is 1.46 bits per heavy atom. The van der Waals surface area contributed by atoms with Gasteiger partial charge in [0.1, 0.15) is 0 Å². The second kappa shape index (κ2) is 11.1. The van der Waals surface area contributed by atoms with Crippen molar-refractivity contribution in [1.82, 2.24) is 15.5 Å². The molecule has 9 heteroatoms. The first-order chi connectivity index (χ1) is 11.1. The number of nitrogens with one attached hydrogen (secondary N) is 2. The number of carbonyl (C=O) groups is 1. The highest BCUT2D eigenvalue weighted by Gasteiger charge is 2.23. The molecule has 1 aromatic heterocycles. The minimum atomic E-state index is -0.211.